The number of H-pyrrole nitrogens is 1. The number of esters is 1. The van der Waals surface area contributed by atoms with Gasteiger partial charge >= 0.3 is 5.97 Å². The van der Waals surface area contributed by atoms with E-state index >= 15 is 0 Å². The average molecular weight is 415 g/mol. The summed E-state index contributed by atoms with van der Waals surface area (Å²) in [5, 5.41) is 0. The van der Waals surface area contributed by atoms with E-state index in [1.807, 2.05) is 13.8 Å². The quantitative estimate of drug-likeness (QED) is 0.524. The normalized spacial score (nSPS) is 11.9. The number of aromatic amines is 1. The van der Waals surface area contributed by atoms with Crippen LogP contribution < -0.4 is 4.74 Å². The molecule has 0 fully saturated rings. The number of ketones is 1. The predicted molar refractivity (Wildman–Crippen MR) is 114 cm³/mol. The van der Waals surface area contributed by atoms with Gasteiger partial charge in [0, 0.05) is 23.4 Å². The maximum Gasteiger partial charge on any atom is 0.354 e. The molecule has 2 rings (SSSR count). The molecule has 0 radical (unpaired) electrons. The van der Waals surface area contributed by atoms with Gasteiger partial charge in [-0.15, -0.1) is 0 Å². The van der Waals surface area contributed by atoms with E-state index in [4.69, 9.17) is 9.47 Å². The van der Waals surface area contributed by atoms with E-state index in [2.05, 4.69) is 4.98 Å². The summed E-state index contributed by atoms with van der Waals surface area (Å²) < 4.78 is 10.0. The zero-order valence-corrected chi connectivity index (χ0v) is 18.7. The molecule has 2 aromatic rings. The first-order valence-corrected chi connectivity index (χ1v) is 9.89. The fourth-order valence-corrected chi connectivity index (χ4v) is 3.51. The van der Waals surface area contributed by atoms with Gasteiger partial charge in [0.1, 0.15) is 11.4 Å². The standard InChI is InChI=1S/C23H30N2O5/c1-13(2)12-25(22(27)17-9-8-10-18(11-17)29-6)16(5)21(26)19-14(3)20(23(28)30-7)24-15(19)4/h8-11,13,16,24H,12H2,1-7H3. The van der Waals surface area contributed by atoms with Gasteiger partial charge in [0.2, 0.25) is 0 Å². The first-order chi connectivity index (χ1) is 14.1. The fourth-order valence-electron chi connectivity index (χ4n) is 3.51. The van der Waals surface area contributed by atoms with Crippen LogP contribution in [0.4, 0.5) is 0 Å². The summed E-state index contributed by atoms with van der Waals surface area (Å²) in [7, 11) is 2.83. The van der Waals surface area contributed by atoms with Crippen LogP contribution in [0.15, 0.2) is 24.3 Å². The topological polar surface area (TPSA) is 88.7 Å². The monoisotopic (exact) mass is 414 g/mol. The SMILES string of the molecule is COC(=O)c1[nH]c(C)c(C(=O)C(C)N(CC(C)C)C(=O)c2cccc(OC)c2)c1C. The zero-order chi connectivity index (χ0) is 22.6. The van der Waals surface area contributed by atoms with Crippen LogP contribution in [0.2, 0.25) is 0 Å². The van der Waals surface area contributed by atoms with Crippen molar-refractivity contribution in [2.45, 2.75) is 40.7 Å². The average Bonchev–Trinajstić information content (AvgIpc) is 3.03. The number of amides is 1. The van der Waals surface area contributed by atoms with E-state index in [0.29, 0.717) is 34.7 Å². The largest absolute Gasteiger partial charge is 0.497 e. The van der Waals surface area contributed by atoms with Crippen LogP contribution in [0.25, 0.3) is 0 Å². The summed E-state index contributed by atoms with van der Waals surface area (Å²) in [5.41, 5.74) is 2.21. The summed E-state index contributed by atoms with van der Waals surface area (Å²) in [4.78, 5) is 43.2. The van der Waals surface area contributed by atoms with Crippen molar-refractivity contribution in [3.63, 3.8) is 0 Å². The number of carbonyl (C=O) groups is 3. The van der Waals surface area contributed by atoms with Gasteiger partial charge < -0.3 is 19.4 Å². The van der Waals surface area contributed by atoms with Crippen molar-refractivity contribution >= 4 is 17.7 Å². The Morgan fingerprint density at radius 2 is 1.77 bits per heavy atom. The van der Waals surface area contributed by atoms with Crippen LogP contribution in [-0.2, 0) is 4.74 Å². The second-order valence-corrected chi connectivity index (χ2v) is 7.74. The summed E-state index contributed by atoms with van der Waals surface area (Å²) in [6.45, 7) is 9.54. The minimum atomic E-state index is -0.718. The van der Waals surface area contributed by atoms with Crippen molar-refractivity contribution in [3.05, 3.63) is 52.3 Å². The highest BCUT2D eigenvalue weighted by Crippen LogP contribution is 2.24. The summed E-state index contributed by atoms with van der Waals surface area (Å²) in [5.74, 6) is -0.275. The van der Waals surface area contributed by atoms with Crippen LogP contribution in [0.1, 0.15) is 63.2 Å². The van der Waals surface area contributed by atoms with Gasteiger partial charge in [-0.3, -0.25) is 9.59 Å². The molecule has 0 saturated heterocycles. The van der Waals surface area contributed by atoms with Gasteiger partial charge in [-0.1, -0.05) is 19.9 Å². The maximum absolute atomic E-state index is 13.4. The molecule has 0 aliphatic heterocycles. The number of ether oxygens (including phenoxy) is 2. The first-order valence-electron chi connectivity index (χ1n) is 9.89. The van der Waals surface area contributed by atoms with Gasteiger partial charge in [0.25, 0.3) is 5.91 Å². The van der Waals surface area contributed by atoms with E-state index in [1.165, 1.54) is 14.2 Å². The van der Waals surface area contributed by atoms with Crippen LogP contribution in [0.5, 0.6) is 5.75 Å². The lowest BCUT2D eigenvalue weighted by atomic mass is 9.98. The molecule has 0 aliphatic rings. The predicted octanol–water partition coefficient (Wildman–Crippen LogP) is 3.80. The van der Waals surface area contributed by atoms with Gasteiger partial charge in [0.05, 0.1) is 20.3 Å². The number of rotatable bonds is 8. The van der Waals surface area contributed by atoms with Gasteiger partial charge in [-0.05, 0) is 50.5 Å². The Kier molecular flexibility index (Phi) is 7.43. The fraction of sp³-hybridized carbons (Fsp3) is 0.435. The van der Waals surface area contributed by atoms with Crippen molar-refractivity contribution in [1.82, 2.24) is 9.88 Å². The van der Waals surface area contributed by atoms with Crippen molar-refractivity contribution in [3.8, 4) is 5.75 Å². The Morgan fingerprint density at radius 1 is 1.10 bits per heavy atom. The third kappa shape index (κ3) is 4.72. The minimum absolute atomic E-state index is 0.161. The highest BCUT2D eigenvalue weighted by molar-refractivity contribution is 6.07. The smallest absolute Gasteiger partial charge is 0.354 e. The van der Waals surface area contributed by atoms with Crippen LogP contribution in [0.3, 0.4) is 0 Å². The number of aryl methyl sites for hydroxylation is 1. The van der Waals surface area contributed by atoms with Crippen molar-refractivity contribution in [2.75, 3.05) is 20.8 Å². The third-order valence-corrected chi connectivity index (χ3v) is 5.06. The molecule has 1 unspecified atom stereocenters. The number of nitrogens with zero attached hydrogens (tertiary/aromatic N) is 1. The molecule has 1 heterocycles. The number of carbonyl (C=O) groups excluding carboxylic acids is 3. The molecular weight excluding hydrogens is 384 g/mol. The Labute approximate surface area is 177 Å². The van der Waals surface area contributed by atoms with Crippen molar-refractivity contribution in [2.24, 2.45) is 5.92 Å². The third-order valence-electron chi connectivity index (χ3n) is 5.06. The minimum Gasteiger partial charge on any atom is -0.497 e. The molecule has 0 spiro atoms. The summed E-state index contributed by atoms with van der Waals surface area (Å²) in [6.07, 6.45) is 0. The Bertz CT molecular complexity index is 945. The van der Waals surface area contributed by atoms with Crippen molar-refractivity contribution in [1.29, 1.82) is 0 Å². The van der Waals surface area contributed by atoms with Crippen LogP contribution >= 0.6 is 0 Å². The molecule has 1 amide bonds. The highest BCUT2D eigenvalue weighted by Gasteiger charge is 2.32. The number of aromatic nitrogens is 1. The zero-order valence-electron chi connectivity index (χ0n) is 18.7. The van der Waals surface area contributed by atoms with Gasteiger partial charge in [0.15, 0.2) is 5.78 Å². The number of methoxy groups -OCH3 is 2. The Hall–Kier alpha value is -3.09. The van der Waals surface area contributed by atoms with E-state index in [-0.39, 0.29) is 23.3 Å². The van der Waals surface area contributed by atoms with Gasteiger partial charge in [-0.2, -0.15) is 0 Å². The van der Waals surface area contributed by atoms with E-state index in [9.17, 15) is 14.4 Å². The lowest BCUT2D eigenvalue weighted by molar-refractivity contribution is 0.0591. The number of nitrogens with one attached hydrogen (secondary N) is 1. The number of hydrogen-bond donors (Lipinski definition) is 1. The lowest BCUT2D eigenvalue weighted by Gasteiger charge is -2.30. The first kappa shape index (κ1) is 23.2. The maximum atomic E-state index is 13.4. The Balaban J connectivity index is 2.43. The number of hydrogen-bond acceptors (Lipinski definition) is 5. The summed E-state index contributed by atoms with van der Waals surface area (Å²) >= 11 is 0. The highest BCUT2D eigenvalue weighted by atomic mass is 16.5. The van der Waals surface area contributed by atoms with Gasteiger partial charge in [-0.25, -0.2) is 4.79 Å². The summed E-state index contributed by atoms with van der Waals surface area (Å²) in [6, 6.07) is 6.16. The lowest BCUT2D eigenvalue weighted by Crippen LogP contribution is -2.45. The van der Waals surface area contributed by atoms with Crippen LogP contribution in [-0.4, -0.2) is 54.3 Å². The van der Waals surface area contributed by atoms with E-state index in [1.54, 1.807) is 49.9 Å². The molecular formula is C23H30N2O5. The molecule has 1 aromatic heterocycles. The van der Waals surface area contributed by atoms with Crippen molar-refractivity contribution < 1.29 is 23.9 Å². The molecule has 7 nitrogen and oxygen atoms in total. The molecule has 0 saturated carbocycles. The van der Waals surface area contributed by atoms with Crippen LogP contribution in [0, 0.1) is 19.8 Å². The van der Waals surface area contributed by atoms with E-state index in [0.717, 1.165) is 0 Å². The number of benzene rings is 1. The van der Waals surface area contributed by atoms with E-state index < -0.39 is 12.0 Å². The second kappa shape index (κ2) is 9.61. The molecule has 1 aromatic carbocycles. The molecule has 1 N–H and O–H groups in total. The molecule has 7 heteroatoms. The number of Topliss-reactive ketones (excluding diaryl/α,β-unsaturated/α-hetero) is 1. The molecule has 0 aliphatic carbocycles. The molecule has 1 atom stereocenters. The molecule has 162 valence electrons. The molecule has 0 bridgehead atoms. The Morgan fingerprint density at radius 3 is 2.33 bits per heavy atom. The molecule has 30 heavy (non-hydrogen) atoms. The second-order valence-electron chi connectivity index (χ2n) is 7.74.